The van der Waals surface area contributed by atoms with E-state index in [4.69, 9.17) is 21.1 Å². The highest BCUT2D eigenvalue weighted by Crippen LogP contribution is 2.32. The first kappa shape index (κ1) is 19.8. The van der Waals surface area contributed by atoms with Crippen molar-refractivity contribution in [1.82, 2.24) is 19.5 Å². The minimum Gasteiger partial charge on any atom is -0.497 e. The number of fused-ring (bicyclic) bond motifs is 1. The number of benzene rings is 1. The number of aliphatic hydroxyl groups is 3. The van der Waals surface area contributed by atoms with Crippen LogP contribution in [0.3, 0.4) is 0 Å². The van der Waals surface area contributed by atoms with Gasteiger partial charge in [-0.1, -0.05) is 12.1 Å². The lowest BCUT2D eigenvalue weighted by Gasteiger charge is -2.16. The highest BCUT2D eigenvalue weighted by molar-refractivity contribution is 6.28. The molecule has 4 N–H and O–H groups in total. The Kier molecular flexibility index (Phi) is 5.52. The normalized spacial score (nSPS) is 24.2. The van der Waals surface area contributed by atoms with Crippen molar-refractivity contribution in [1.29, 1.82) is 0 Å². The number of anilines is 1. The van der Waals surface area contributed by atoms with Gasteiger partial charge in [-0.3, -0.25) is 4.57 Å². The molecule has 154 valence electrons. The van der Waals surface area contributed by atoms with E-state index in [9.17, 15) is 15.3 Å². The number of aromatic nitrogens is 4. The quantitative estimate of drug-likeness (QED) is 0.424. The zero-order valence-corrected chi connectivity index (χ0v) is 16.2. The standard InChI is InChI=1S/C18H20ClN5O5/c1-28-10-4-2-3-9(5-10)6-20-15-12-16(23-18(19)22-15)24(8-21-12)17-14(27)13(26)11(7-25)29-17/h2-5,8,11,13-14,17,25-27H,6-7H2,1H3,(H,20,22,23)/t11-,13+,14?,17-/m1/s1. The van der Waals surface area contributed by atoms with Crippen LogP contribution in [-0.4, -0.2) is 66.9 Å². The van der Waals surface area contributed by atoms with E-state index in [-0.39, 0.29) is 5.28 Å². The first-order valence-electron chi connectivity index (χ1n) is 8.91. The van der Waals surface area contributed by atoms with E-state index in [1.165, 1.54) is 10.9 Å². The second-order valence-corrected chi connectivity index (χ2v) is 6.94. The minimum atomic E-state index is -1.26. The molecular weight excluding hydrogens is 402 g/mol. The number of imidazole rings is 1. The third kappa shape index (κ3) is 3.72. The van der Waals surface area contributed by atoms with Crippen molar-refractivity contribution in [2.45, 2.75) is 31.1 Å². The van der Waals surface area contributed by atoms with Crippen molar-refractivity contribution in [2.75, 3.05) is 19.0 Å². The summed E-state index contributed by atoms with van der Waals surface area (Å²) in [6.07, 6.45) is -2.94. The third-order valence-corrected chi connectivity index (χ3v) is 4.95. The van der Waals surface area contributed by atoms with E-state index in [2.05, 4.69) is 20.3 Å². The van der Waals surface area contributed by atoms with Crippen LogP contribution in [0.25, 0.3) is 11.2 Å². The fraction of sp³-hybridized carbons (Fsp3) is 0.389. The average Bonchev–Trinajstić information content (AvgIpc) is 3.27. The molecule has 3 aromatic rings. The Morgan fingerprint density at radius 1 is 1.28 bits per heavy atom. The van der Waals surface area contributed by atoms with Crippen LogP contribution >= 0.6 is 11.6 Å². The predicted octanol–water partition coefficient (Wildman–Crippen LogP) is 0.712. The topological polar surface area (TPSA) is 135 Å². The van der Waals surface area contributed by atoms with Gasteiger partial charge in [0.15, 0.2) is 23.2 Å². The molecule has 3 heterocycles. The van der Waals surface area contributed by atoms with Crippen LogP contribution in [0.2, 0.25) is 5.28 Å². The number of methoxy groups -OCH3 is 1. The van der Waals surface area contributed by atoms with Gasteiger partial charge in [0.2, 0.25) is 5.28 Å². The smallest absolute Gasteiger partial charge is 0.226 e. The Morgan fingerprint density at radius 3 is 2.83 bits per heavy atom. The molecule has 0 radical (unpaired) electrons. The molecule has 1 unspecified atom stereocenters. The maximum Gasteiger partial charge on any atom is 0.226 e. The van der Waals surface area contributed by atoms with Crippen LogP contribution in [-0.2, 0) is 11.3 Å². The van der Waals surface area contributed by atoms with Gasteiger partial charge in [-0.25, -0.2) is 4.98 Å². The summed E-state index contributed by atoms with van der Waals surface area (Å²) in [6.45, 7) is 0.0186. The van der Waals surface area contributed by atoms with Crippen molar-refractivity contribution >= 4 is 28.6 Å². The van der Waals surface area contributed by atoms with Crippen LogP contribution < -0.4 is 10.1 Å². The highest BCUT2D eigenvalue weighted by Gasteiger charge is 2.44. The summed E-state index contributed by atoms with van der Waals surface area (Å²) in [5, 5.41) is 32.8. The predicted molar refractivity (Wildman–Crippen MR) is 104 cm³/mol. The van der Waals surface area contributed by atoms with Gasteiger partial charge >= 0.3 is 0 Å². The highest BCUT2D eigenvalue weighted by atomic mass is 35.5. The van der Waals surface area contributed by atoms with Gasteiger partial charge in [0, 0.05) is 6.54 Å². The minimum absolute atomic E-state index is 0.0147. The molecule has 4 rings (SSSR count). The lowest BCUT2D eigenvalue weighted by molar-refractivity contribution is -0.0511. The Balaban J connectivity index is 1.63. The van der Waals surface area contributed by atoms with Gasteiger partial charge in [0.25, 0.3) is 0 Å². The van der Waals surface area contributed by atoms with Gasteiger partial charge in [-0.05, 0) is 29.3 Å². The zero-order valence-electron chi connectivity index (χ0n) is 15.4. The molecule has 2 aromatic heterocycles. The molecule has 0 bridgehead atoms. The lowest BCUT2D eigenvalue weighted by atomic mass is 10.1. The third-order valence-electron chi connectivity index (χ3n) is 4.78. The first-order chi connectivity index (χ1) is 14.0. The van der Waals surface area contributed by atoms with Crippen molar-refractivity contribution < 1.29 is 24.8 Å². The maximum atomic E-state index is 10.3. The molecule has 0 spiro atoms. The van der Waals surface area contributed by atoms with E-state index in [1.54, 1.807) is 7.11 Å². The number of nitrogens with one attached hydrogen (secondary N) is 1. The molecule has 10 nitrogen and oxygen atoms in total. The number of hydrogen-bond donors (Lipinski definition) is 4. The Morgan fingerprint density at radius 2 is 2.10 bits per heavy atom. The average molecular weight is 422 g/mol. The van der Waals surface area contributed by atoms with Crippen molar-refractivity contribution in [3.8, 4) is 5.75 Å². The maximum absolute atomic E-state index is 10.3. The molecule has 1 aromatic carbocycles. The molecule has 1 saturated heterocycles. The summed E-state index contributed by atoms with van der Waals surface area (Å²) >= 11 is 6.09. The van der Waals surface area contributed by atoms with Gasteiger partial charge < -0.3 is 30.1 Å². The monoisotopic (exact) mass is 421 g/mol. The van der Waals surface area contributed by atoms with Gasteiger partial charge in [-0.15, -0.1) is 0 Å². The van der Waals surface area contributed by atoms with Crippen LogP contribution in [0, 0.1) is 0 Å². The van der Waals surface area contributed by atoms with E-state index >= 15 is 0 Å². The Labute approximate surface area is 170 Å². The van der Waals surface area contributed by atoms with Crippen molar-refractivity contribution in [3.05, 3.63) is 41.4 Å². The number of aliphatic hydroxyl groups excluding tert-OH is 3. The molecule has 1 fully saturated rings. The summed E-state index contributed by atoms with van der Waals surface area (Å²) in [5.41, 5.74) is 1.72. The van der Waals surface area contributed by atoms with Crippen LogP contribution in [0.1, 0.15) is 11.8 Å². The number of rotatable bonds is 6. The van der Waals surface area contributed by atoms with E-state index in [1.807, 2.05) is 24.3 Å². The SMILES string of the molecule is COc1cccc(CNc2nc(Cl)nc3c2ncn3[C@@H]2O[C@H](CO)[C@H](O)C2O)c1. The summed E-state index contributed by atoms with van der Waals surface area (Å²) in [6, 6.07) is 7.57. The van der Waals surface area contributed by atoms with Crippen molar-refractivity contribution in [2.24, 2.45) is 0 Å². The van der Waals surface area contributed by atoms with Crippen LogP contribution in [0.15, 0.2) is 30.6 Å². The van der Waals surface area contributed by atoms with Crippen LogP contribution in [0.4, 0.5) is 5.82 Å². The molecule has 1 aliphatic rings. The van der Waals surface area contributed by atoms with Crippen LogP contribution in [0.5, 0.6) is 5.75 Å². The fourth-order valence-electron chi connectivity index (χ4n) is 3.28. The number of ether oxygens (including phenoxy) is 2. The first-order valence-corrected chi connectivity index (χ1v) is 9.29. The molecule has 1 aliphatic heterocycles. The molecule has 0 aliphatic carbocycles. The van der Waals surface area contributed by atoms with E-state index < -0.39 is 31.1 Å². The fourth-order valence-corrected chi connectivity index (χ4v) is 3.44. The van der Waals surface area contributed by atoms with Gasteiger partial charge in [-0.2, -0.15) is 9.97 Å². The molecule has 4 atom stereocenters. The zero-order chi connectivity index (χ0) is 20.5. The number of hydrogen-bond acceptors (Lipinski definition) is 9. The van der Waals surface area contributed by atoms with Gasteiger partial charge in [0.05, 0.1) is 20.0 Å². The molecule has 0 saturated carbocycles. The summed E-state index contributed by atoms with van der Waals surface area (Å²) in [7, 11) is 1.60. The second kappa shape index (κ2) is 8.09. The molecule has 11 heteroatoms. The van der Waals surface area contributed by atoms with Gasteiger partial charge in [0.1, 0.15) is 24.1 Å². The van der Waals surface area contributed by atoms with Crippen molar-refractivity contribution in [3.63, 3.8) is 0 Å². The number of halogens is 1. The molecule has 29 heavy (non-hydrogen) atoms. The summed E-state index contributed by atoms with van der Waals surface area (Å²) < 4.78 is 12.2. The van der Waals surface area contributed by atoms with E-state index in [0.29, 0.717) is 23.5 Å². The number of nitrogens with zero attached hydrogens (tertiary/aromatic N) is 4. The Hall–Kier alpha value is -2.50. The second-order valence-electron chi connectivity index (χ2n) is 6.60. The molecule has 0 amide bonds. The van der Waals surface area contributed by atoms with E-state index in [0.717, 1.165) is 11.3 Å². The largest absolute Gasteiger partial charge is 0.497 e. The summed E-state index contributed by atoms with van der Waals surface area (Å²) in [4.78, 5) is 12.7. The Bertz CT molecular complexity index is 1020. The molecular formula is C18H20ClN5O5. The summed E-state index contributed by atoms with van der Waals surface area (Å²) in [5.74, 6) is 1.15. The lowest BCUT2D eigenvalue weighted by Crippen LogP contribution is -2.33.